The molecule has 0 N–H and O–H groups in total. The highest BCUT2D eigenvalue weighted by Gasteiger charge is 2.33. The van der Waals surface area contributed by atoms with E-state index in [-0.39, 0.29) is 36.3 Å². The predicted molar refractivity (Wildman–Crippen MR) is 197 cm³/mol. The Hall–Kier alpha value is -2.92. The maximum atomic E-state index is 11.8. The number of carbonyl (C=O) groups excluding carboxylic acids is 4. The summed E-state index contributed by atoms with van der Waals surface area (Å²) in [5, 5.41) is 0. The van der Waals surface area contributed by atoms with E-state index in [4.69, 9.17) is 18.9 Å². The minimum atomic E-state index is -1.01. The Morgan fingerprint density at radius 2 is 0.808 bits per heavy atom. The first-order chi connectivity index (χ1) is 24.5. The van der Waals surface area contributed by atoms with Gasteiger partial charge in [0.15, 0.2) is 0 Å². The number of hydrogen-bond acceptors (Lipinski definition) is 12. The van der Waals surface area contributed by atoms with Crippen LogP contribution in [0.1, 0.15) is 172 Å². The van der Waals surface area contributed by atoms with Gasteiger partial charge in [-0.25, -0.2) is 0 Å². The van der Waals surface area contributed by atoms with Gasteiger partial charge >= 0.3 is 24.6 Å². The smallest absolute Gasteiger partial charge is 0.431 e. The zero-order chi connectivity index (χ0) is 39.2. The topological polar surface area (TPSA) is 142 Å². The van der Waals surface area contributed by atoms with E-state index >= 15 is 0 Å². The Kier molecular flexibility index (Phi) is 22.8. The van der Waals surface area contributed by atoms with Crippen LogP contribution < -0.4 is 0 Å². The number of carbonyl (C=O) groups is 4. The second-order valence-corrected chi connectivity index (χ2v) is 16.7. The molecular weight excluding hydrogens is 672 g/mol. The van der Waals surface area contributed by atoms with Crippen molar-refractivity contribution in [3.05, 3.63) is 0 Å². The van der Waals surface area contributed by atoms with Crippen molar-refractivity contribution < 1.29 is 57.7 Å². The third-order valence-corrected chi connectivity index (χ3v) is 10.6. The zero-order valence-electron chi connectivity index (χ0n) is 34.1. The van der Waals surface area contributed by atoms with Gasteiger partial charge in [0.05, 0.1) is 13.2 Å². The molecule has 2 rings (SSSR count). The summed E-state index contributed by atoms with van der Waals surface area (Å²) >= 11 is 0. The van der Waals surface area contributed by atoms with Crippen LogP contribution in [0.15, 0.2) is 0 Å². The molecule has 2 fully saturated rings. The zero-order valence-corrected chi connectivity index (χ0v) is 34.1. The molecule has 52 heavy (non-hydrogen) atoms. The molecule has 304 valence electrons. The minimum Gasteiger partial charge on any atom is -0.431 e. The first kappa shape index (κ1) is 47.1. The number of rotatable bonds is 14. The van der Waals surface area contributed by atoms with Gasteiger partial charge < -0.3 is 18.9 Å². The Morgan fingerprint density at radius 3 is 1.08 bits per heavy atom. The molecule has 0 heterocycles. The highest BCUT2D eigenvalue weighted by molar-refractivity contribution is 5.64. The molecule has 2 unspecified atom stereocenters. The Labute approximate surface area is 313 Å². The summed E-state index contributed by atoms with van der Waals surface area (Å²) in [6.45, 7) is 22.3. The van der Waals surface area contributed by atoms with E-state index in [1.807, 2.05) is 13.8 Å². The highest BCUT2D eigenvalue weighted by Crippen LogP contribution is 2.39. The summed E-state index contributed by atoms with van der Waals surface area (Å²) in [5.74, 6) is 1.85. The van der Waals surface area contributed by atoms with Crippen molar-refractivity contribution >= 4 is 24.6 Å². The number of unbranched alkanes of at least 4 members (excludes halogenated alkanes) is 2. The molecule has 2 atom stereocenters. The normalized spacial score (nSPS) is 21.6. The fraction of sp³-hybridized carbons (Fsp3) is 0.900. The van der Waals surface area contributed by atoms with Gasteiger partial charge in [-0.05, 0) is 98.7 Å². The van der Waals surface area contributed by atoms with E-state index in [9.17, 15) is 19.2 Å². The molecule has 0 spiro atoms. The van der Waals surface area contributed by atoms with Gasteiger partial charge in [-0.2, -0.15) is 38.7 Å². The molecule has 0 bridgehead atoms. The van der Waals surface area contributed by atoms with Crippen molar-refractivity contribution in [3.63, 3.8) is 0 Å². The van der Waals surface area contributed by atoms with Crippen molar-refractivity contribution in [3.8, 4) is 0 Å². The summed E-state index contributed by atoms with van der Waals surface area (Å²) in [4.78, 5) is 63.9. The predicted octanol–water partition coefficient (Wildman–Crippen LogP) is 12.1. The molecular formula is C40H72O12. The fourth-order valence-electron chi connectivity index (χ4n) is 6.76. The summed E-state index contributed by atoms with van der Waals surface area (Å²) in [7, 11) is 0. The number of hydrogen-bond donors (Lipinski definition) is 0. The molecule has 2 saturated carbocycles. The lowest BCUT2D eigenvalue weighted by atomic mass is 9.72. The molecule has 12 heteroatoms. The first-order valence-corrected chi connectivity index (χ1v) is 20.0. The van der Waals surface area contributed by atoms with Crippen LogP contribution in [-0.4, -0.2) is 50.0 Å². The van der Waals surface area contributed by atoms with E-state index in [0.29, 0.717) is 23.7 Å². The van der Waals surface area contributed by atoms with Gasteiger partial charge in [0.1, 0.15) is 12.2 Å². The van der Waals surface area contributed by atoms with E-state index in [1.165, 1.54) is 0 Å². The lowest BCUT2D eigenvalue weighted by Crippen LogP contribution is -2.31. The van der Waals surface area contributed by atoms with Crippen molar-refractivity contribution in [2.24, 2.45) is 34.5 Å². The lowest BCUT2D eigenvalue weighted by Gasteiger charge is -2.36. The van der Waals surface area contributed by atoms with Gasteiger partial charge in [-0.1, -0.05) is 108 Å². The maximum Gasteiger partial charge on any atom is 0.550 e. The SMILES string of the molecule is CC(C)(C)C1CCC(OC(=O)OOC(=O)OC2CCC(C(C)(C)C)CC2)CC1.CCCCC(CC)COC(=O)OOC(=O)OCC(CC)CCCC. The van der Waals surface area contributed by atoms with Crippen LogP contribution in [-0.2, 0) is 38.5 Å². The molecule has 0 aromatic heterocycles. The molecule has 0 aliphatic heterocycles. The first-order valence-electron chi connectivity index (χ1n) is 20.0. The standard InChI is InChI=1S/C22H38O6.C18H34O6/c1-21(2,3)15-7-11-17(12-8-15)25-19(23)27-28-20(24)26-18-13-9-16(10-14-18)22(4,5)6;1-5-9-11-15(7-3)13-21-17(19)23-24-18(20)22-14-16(8-4)12-10-6-2/h15-18H,7-14H2,1-6H3;15-16H,5-14H2,1-4H3. The van der Waals surface area contributed by atoms with Crippen LogP contribution >= 0.6 is 0 Å². The Morgan fingerprint density at radius 1 is 0.500 bits per heavy atom. The van der Waals surface area contributed by atoms with Gasteiger partial charge in [-0.3, -0.25) is 0 Å². The molecule has 2 aliphatic rings. The lowest BCUT2D eigenvalue weighted by molar-refractivity contribution is -0.227. The van der Waals surface area contributed by atoms with Crippen LogP contribution in [0.25, 0.3) is 0 Å². The average Bonchev–Trinajstić information content (AvgIpc) is 3.10. The Balaban J connectivity index is 0.000000528. The molecule has 12 nitrogen and oxygen atoms in total. The fourth-order valence-corrected chi connectivity index (χ4v) is 6.76. The van der Waals surface area contributed by atoms with Crippen molar-refractivity contribution in [2.45, 2.75) is 184 Å². The second kappa shape index (κ2) is 25.2. The van der Waals surface area contributed by atoms with E-state index < -0.39 is 24.6 Å². The monoisotopic (exact) mass is 745 g/mol. The molecule has 0 aromatic rings. The summed E-state index contributed by atoms with van der Waals surface area (Å²) < 4.78 is 20.4. The minimum absolute atomic E-state index is 0.182. The van der Waals surface area contributed by atoms with Gasteiger partial charge in [-0.15, -0.1) is 0 Å². The summed E-state index contributed by atoms with van der Waals surface area (Å²) in [5.41, 5.74) is 0.536. The van der Waals surface area contributed by atoms with Crippen LogP contribution in [0.3, 0.4) is 0 Å². The van der Waals surface area contributed by atoms with Crippen LogP contribution in [0, 0.1) is 34.5 Å². The second-order valence-electron chi connectivity index (χ2n) is 16.7. The van der Waals surface area contributed by atoms with E-state index in [2.05, 4.69) is 74.9 Å². The average molecular weight is 745 g/mol. The van der Waals surface area contributed by atoms with Crippen molar-refractivity contribution in [1.82, 2.24) is 0 Å². The molecule has 2 aliphatic carbocycles. The van der Waals surface area contributed by atoms with E-state index in [1.54, 1.807) is 0 Å². The maximum absolute atomic E-state index is 11.8. The molecule has 0 radical (unpaired) electrons. The largest absolute Gasteiger partial charge is 0.550 e. The molecule has 0 saturated heterocycles. The third kappa shape index (κ3) is 20.9. The van der Waals surface area contributed by atoms with E-state index in [0.717, 1.165) is 103 Å². The van der Waals surface area contributed by atoms with Crippen LogP contribution in [0.5, 0.6) is 0 Å². The molecule has 0 aromatic carbocycles. The van der Waals surface area contributed by atoms with Gasteiger partial charge in [0.2, 0.25) is 0 Å². The van der Waals surface area contributed by atoms with Gasteiger partial charge in [0, 0.05) is 0 Å². The van der Waals surface area contributed by atoms with Crippen LogP contribution in [0.2, 0.25) is 0 Å². The van der Waals surface area contributed by atoms with Crippen LogP contribution in [0.4, 0.5) is 19.2 Å². The number of ether oxygens (including phenoxy) is 4. The van der Waals surface area contributed by atoms with Crippen molar-refractivity contribution in [1.29, 1.82) is 0 Å². The Bertz CT molecular complexity index is 921. The quantitative estimate of drug-likeness (QED) is 0.0722. The summed E-state index contributed by atoms with van der Waals surface area (Å²) in [6.07, 6.45) is 11.2. The summed E-state index contributed by atoms with van der Waals surface area (Å²) in [6, 6.07) is 0. The molecule has 0 amide bonds. The van der Waals surface area contributed by atoms with Gasteiger partial charge in [0.25, 0.3) is 0 Å². The third-order valence-electron chi connectivity index (χ3n) is 10.6. The van der Waals surface area contributed by atoms with Crippen molar-refractivity contribution in [2.75, 3.05) is 13.2 Å². The highest BCUT2D eigenvalue weighted by atomic mass is 17.3.